The van der Waals surface area contributed by atoms with E-state index in [0.29, 0.717) is 16.5 Å². The number of halogens is 2. The third-order valence-corrected chi connectivity index (χ3v) is 3.60. The molecule has 0 aliphatic carbocycles. The summed E-state index contributed by atoms with van der Waals surface area (Å²) in [5, 5.41) is 0.570. The maximum atomic E-state index is 12.4. The van der Waals surface area contributed by atoms with Crippen LogP contribution < -0.4 is 15.4 Å². The predicted molar refractivity (Wildman–Crippen MR) is 85.8 cm³/mol. The van der Waals surface area contributed by atoms with Gasteiger partial charge in [0.15, 0.2) is 0 Å². The monoisotopic (exact) mass is 324 g/mol. The number of anilines is 2. The molecule has 1 atom stereocenters. The Balaban J connectivity index is 0.00000161. The summed E-state index contributed by atoms with van der Waals surface area (Å²) in [6.45, 7) is 0. The van der Waals surface area contributed by atoms with Gasteiger partial charge in [-0.2, -0.15) is 0 Å². The van der Waals surface area contributed by atoms with E-state index in [0.717, 1.165) is 11.3 Å². The Bertz CT molecular complexity index is 691. The van der Waals surface area contributed by atoms with Crippen molar-refractivity contribution in [1.29, 1.82) is 0 Å². The van der Waals surface area contributed by atoms with Crippen molar-refractivity contribution in [3.8, 4) is 5.75 Å². The third kappa shape index (κ3) is 2.58. The second-order valence-electron chi connectivity index (χ2n) is 4.56. The van der Waals surface area contributed by atoms with Crippen molar-refractivity contribution in [3.63, 3.8) is 0 Å². The minimum atomic E-state index is -0.658. The van der Waals surface area contributed by atoms with Crippen molar-refractivity contribution in [2.75, 3.05) is 12.0 Å². The van der Waals surface area contributed by atoms with Gasteiger partial charge in [-0.1, -0.05) is 23.7 Å². The standard InChI is InChI=1S/C15H13ClN2O2.ClH/c1-20-11-5-6-12-13(8-11)18(15(19)14(12)17)10-4-2-3-9(16)7-10;/h2-8,14H,17H2,1H3;1H. The van der Waals surface area contributed by atoms with E-state index in [2.05, 4.69) is 0 Å². The van der Waals surface area contributed by atoms with Crippen molar-refractivity contribution in [1.82, 2.24) is 0 Å². The Hall–Kier alpha value is -1.75. The van der Waals surface area contributed by atoms with E-state index < -0.39 is 6.04 Å². The maximum Gasteiger partial charge on any atom is 0.253 e. The number of nitrogens with two attached hydrogens (primary N) is 1. The molecule has 21 heavy (non-hydrogen) atoms. The highest BCUT2D eigenvalue weighted by Gasteiger charge is 2.36. The van der Waals surface area contributed by atoms with Crippen LogP contribution in [0.3, 0.4) is 0 Å². The van der Waals surface area contributed by atoms with Crippen LogP contribution >= 0.6 is 24.0 Å². The number of hydrogen-bond acceptors (Lipinski definition) is 3. The van der Waals surface area contributed by atoms with Crippen molar-refractivity contribution in [2.45, 2.75) is 6.04 Å². The molecule has 1 unspecified atom stereocenters. The first kappa shape index (κ1) is 15.6. The van der Waals surface area contributed by atoms with Gasteiger partial charge in [0.1, 0.15) is 11.8 Å². The Morgan fingerprint density at radius 3 is 2.67 bits per heavy atom. The molecule has 1 aliphatic rings. The molecule has 2 aromatic rings. The second kappa shape index (κ2) is 5.93. The molecular weight excluding hydrogens is 311 g/mol. The minimum Gasteiger partial charge on any atom is -0.497 e. The van der Waals surface area contributed by atoms with Crippen LogP contribution in [0.25, 0.3) is 0 Å². The number of fused-ring (bicyclic) bond motifs is 1. The minimum absolute atomic E-state index is 0. The summed E-state index contributed by atoms with van der Waals surface area (Å²) >= 11 is 6.00. The fraction of sp³-hybridized carbons (Fsp3) is 0.133. The molecule has 0 fully saturated rings. The lowest BCUT2D eigenvalue weighted by molar-refractivity contribution is -0.118. The van der Waals surface area contributed by atoms with Gasteiger partial charge in [-0.15, -0.1) is 12.4 Å². The average molecular weight is 325 g/mol. The molecule has 1 heterocycles. The predicted octanol–water partition coefficient (Wildman–Crippen LogP) is 3.45. The molecule has 6 heteroatoms. The van der Waals surface area contributed by atoms with Crippen LogP contribution in [0.2, 0.25) is 5.02 Å². The van der Waals surface area contributed by atoms with E-state index in [-0.39, 0.29) is 18.3 Å². The van der Waals surface area contributed by atoms with Crippen LogP contribution in [0.4, 0.5) is 11.4 Å². The number of carbonyl (C=O) groups is 1. The summed E-state index contributed by atoms with van der Waals surface area (Å²) in [5.74, 6) is 0.508. The first-order chi connectivity index (χ1) is 9.61. The van der Waals surface area contributed by atoms with Gasteiger partial charge in [-0.25, -0.2) is 0 Å². The fourth-order valence-electron chi connectivity index (χ4n) is 2.38. The van der Waals surface area contributed by atoms with Crippen LogP contribution in [0, 0.1) is 0 Å². The maximum absolute atomic E-state index is 12.4. The zero-order chi connectivity index (χ0) is 14.3. The van der Waals surface area contributed by atoms with Crippen LogP contribution in [0.15, 0.2) is 42.5 Å². The normalized spacial score (nSPS) is 16.4. The lowest BCUT2D eigenvalue weighted by Gasteiger charge is -2.18. The molecule has 2 aromatic carbocycles. The zero-order valence-corrected chi connectivity index (χ0v) is 12.8. The first-order valence-corrected chi connectivity index (χ1v) is 6.52. The molecule has 1 aliphatic heterocycles. The van der Waals surface area contributed by atoms with E-state index in [1.807, 2.05) is 12.1 Å². The number of nitrogens with zero attached hydrogens (tertiary/aromatic N) is 1. The Morgan fingerprint density at radius 2 is 2.00 bits per heavy atom. The molecule has 3 rings (SSSR count). The number of benzene rings is 2. The summed E-state index contributed by atoms with van der Waals surface area (Å²) in [6.07, 6.45) is 0. The smallest absolute Gasteiger partial charge is 0.253 e. The molecule has 0 spiro atoms. The molecule has 1 amide bonds. The molecule has 110 valence electrons. The number of methoxy groups -OCH3 is 1. The highest BCUT2D eigenvalue weighted by molar-refractivity contribution is 6.31. The number of hydrogen-bond donors (Lipinski definition) is 1. The number of amides is 1. The van der Waals surface area contributed by atoms with Gasteiger partial charge in [-0.3, -0.25) is 9.69 Å². The van der Waals surface area contributed by atoms with Gasteiger partial charge in [0.25, 0.3) is 5.91 Å². The highest BCUT2D eigenvalue weighted by Crippen LogP contribution is 2.41. The summed E-state index contributed by atoms with van der Waals surface area (Å²) in [6, 6.07) is 11.9. The summed E-state index contributed by atoms with van der Waals surface area (Å²) in [5.41, 5.74) is 8.21. The first-order valence-electron chi connectivity index (χ1n) is 6.15. The van der Waals surface area contributed by atoms with Crippen LogP contribution in [-0.2, 0) is 4.79 Å². The van der Waals surface area contributed by atoms with Crippen LogP contribution in [0.1, 0.15) is 11.6 Å². The lowest BCUT2D eigenvalue weighted by atomic mass is 10.1. The van der Waals surface area contributed by atoms with Crippen molar-refractivity contribution in [3.05, 3.63) is 53.1 Å². The highest BCUT2D eigenvalue weighted by atomic mass is 35.5. The number of rotatable bonds is 2. The molecule has 0 saturated heterocycles. The van der Waals surface area contributed by atoms with Crippen molar-refractivity contribution < 1.29 is 9.53 Å². The largest absolute Gasteiger partial charge is 0.497 e. The summed E-state index contributed by atoms with van der Waals surface area (Å²) in [7, 11) is 1.59. The third-order valence-electron chi connectivity index (χ3n) is 3.37. The summed E-state index contributed by atoms with van der Waals surface area (Å²) < 4.78 is 5.21. The zero-order valence-electron chi connectivity index (χ0n) is 11.2. The number of carbonyl (C=O) groups excluding carboxylic acids is 1. The Kier molecular flexibility index (Phi) is 4.42. The molecule has 0 aromatic heterocycles. The Morgan fingerprint density at radius 1 is 1.24 bits per heavy atom. The van der Waals surface area contributed by atoms with E-state index in [1.165, 1.54) is 0 Å². The SMILES string of the molecule is COc1ccc2c(c1)N(c1cccc(Cl)c1)C(=O)C2N.Cl. The van der Waals surface area contributed by atoms with Crippen molar-refractivity contribution >= 4 is 41.3 Å². The van der Waals surface area contributed by atoms with E-state index in [4.69, 9.17) is 22.1 Å². The molecular formula is C15H14Cl2N2O2. The Labute approximate surface area is 133 Å². The van der Waals surface area contributed by atoms with Gasteiger partial charge in [0.05, 0.1) is 18.5 Å². The fourth-order valence-corrected chi connectivity index (χ4v) is 2.56. The van der Waals surface area contributed by atoms with Crippen LogP contribution in [-0.4, -0.2) is 13.0 Å². The van der Waals surface area contributed by atoms with Gasteiger partial charge >= 0.3 is 0 Å². The molecule has 2 N–H and O–H groups in total. The lowest BCUT2D eigenvalue weighted by Crippen LogP contribution is -2.27. The second-order valence-corrected chi connectivity index (χ2v) is 4.99. The summed E-state index contributed by atoms with van der Waals surface area (Å²) in [4.78, 5) is 14.0. The van der Waals surface area contributed by atoms with Crippen LogP contribution in [0.5, 0.6) is 5.75 Å². The topological polar surface area (TPSA) is 55.6 Å². The molecule has 0 saturated carbocycles. The average Bonchev–Trinajstić information content (AvgIpc) is 2.70. The quantitative estimate of drug-likeness (QED) is 0.920. The van der Waals surface area contributed by atoms with Crippen molar-refractivity contribution in [2.24, 2.45) is 5.73 Å². The van der Waals surface area contributed by atoms with Gasteiger partial charge in [-0.05, 0) is 24.3 Å². The van der Waals surface area contributed by atoms with Gasteiger partial charge in [0, 0.05) is 16.7 Å². The van der Waals surface area contributed by atoms with Gasteiger partial charge in [0.2, 0.25) is 0 Å². The van der Waals surface area contributed by atoms with Gasteiger partial charge < -0.3 is 10.5 Å². The van der Waals surface area contributed by atoms with E-state index in [1.54, 1.807) is 42.3 Å². The molecule has 4 nitrogen and oxygen atoms in total. The van der Waals surface area contributed by atoms with E-state index >= 15 is 0 Å². The van der Waals surface area contributed by atoms with E-state index in [9.17, 15) is 4.79 Å². The number of ether oxygens (including phenoxy) is 1. The molecule has 0 bridgehead atoms. The molecule has 0 radical (unpaired) electrons.